The summed E-state index contributed by atoms with van der Waals surface area (Å²) in [6, 6.07) is 7.96. The van der Waals surface area contributed by atoms with E-state index in [2.05, 4.69) is 26.3 Å². The van der Waals surface area contributed by atoms with Gasteiger partial charge in [0.05, 0.1) is 5.69 Å². The van der Waals surface area contributed by atoms with Crippen molar-refractivity contribution in [1.82, 2.24) is 4.98 Å². The number of benzene rings is 1. The zero-order chi connectivity index (χ0) is 9.97. The molecular weight excluding hydrogens is 262 g/mol. The second kappa shape index (κ2) is 4.08. The first kappa shape index (κ1) is 9.64. The largest absolute Gasteiger partial charge is 0.300 e. The van der Waals surface area contributed by atoms with Crippen molar-refractivity contribution in [3.05, 3.63) is 34.1 Å². The molecule has 0 aliphatic carbocycles. The van der Waals surface area contributed by atoms with Crippen molar-refractivity contribution < 1.29 is 0 Å². The van der Waals surface area contributed by atoms with Gasteiger partial charge in [-0.25, -0.2) is 10.8 Å². The Hall–Kier alpha value is -0.910. The number of nitrogen functional groups attached to an aromatic ring is 1. The molecule has 0 spiro atoms. The van der Waals surface area contributed by atoms with Crippen molar-refractivity contribution in [3.8, 4) is 11.3 Å². The molecule has 0 aliphatic heterocycles. The summed E-state index contributed by atoms with van der Waals surface area (Å²) in [5, 5.41) is 2.69. The minimum atomic E-state index is 0.718. The lowest BCUT2D eigenvalue weighted by atomic mass is 10.2. The number of aromatic nitrogens is 1. The Kier molecular flexibility index (Phi) is 2.81. The molecule has 3 N–H and O–H groups in total. The number of hydrogen-bond donors (Lipinski definition) is 2. The van der Waals surface area contributed by atoms with E-state index in [1.165, 1.54) is 11.3 Å². The maximum absolute atomic E-state index is 5.27. The first-order valence-electron chi connectivity index (χ1n) is 3.98. The Morgan fingerprint density at radius 2 is 2.14 bits per heavy atom. The van der Waals surface area contributed by atoms with Gasteiger partial charge < -0.3 is 0 Å². The van der Waals surface area contributed by atoms with Gasteiger partial charge in [-0.2, -0.15) is 0 Å². The predicted molar refractivity (Wildman–Crippen MR) is 63.1 cm³/mol. The minimum Gasteiger partial charge on any atom is -0.300 e. The highest BCUT2D eigenvalue weighted by molar-refractivity contribution is 9.10. The molecule has 2 aromatic rings. The predicted octanol–water partition coefficient (Wildman–Crippen LogP) is 2.86. The quantitative estimate of drug-likeness (QED) is 0.651. The molecule has 1 aromatic heterocycles. The summed E-state index contributed by atoms with van der Waals surface area (Å²) in [6.07, 6.45) is 0. The van der Waals surface area contributed by atoms with Crippen LogP contribution in [-0.4, -0.2) is 4.98 Å². The van der Waals surface area contributed by atoms with Gasteiger partial charge in [0.2, 0.25) is 0 Å². The maximum Gasteiger partial charge on any atom is 0.197 e. The van der Waals surface area contributed by atoms with Crippen LogP contribution in [0.15, 0.2) is 34.1 Å². The number of hydrazine groups is 1. The molecule has 2 rings (SSSR count). The number of anilines is 1. The number of nitrogens with two attached hydrogens (primary N) is 1. The molecule has 3 nitrogen and oxygen atoms in total. The SMILES string of the molecule is NNc1nc(-c2ccccc2Br)cs1. The Morgan fingerprint density at radius 3 is 2.79 bits per heavy atom. The van der Waals surface area contributed by atoms with Crippen molar-refractivity contribution in [1.29, 1.82) is 0 Å². The van der Waals surface area contributed by atoms with Crippen LogP contribution in [0, 0.1) is 0 Å². The topological polar surface area (TPSA) is 50.9 Å². The summed E-state index contributed by atoms with van der Waals surface area (Å²) in [5.41, 5.74) is 4.53. The van der Waals surface area contributed by atoms with Gasteiger partial charge in [-0.3, -0.25) is 5.43 Å². The van der Waals surface area contributed by atoms with Crippen LogP contribution in [-0.2, 0) is 0 Å². The van der Waals surface area contributed by atoms with Crippen molar-refractivity contribution in [2.24, 2.45) is 5.84 Å². The molecule has 1 aromatic carbocycles. The minimum absolute atomic E-state index is 0.718. The molecule has 0 amide bonds. The lowest BCUT2D eigenvalue weighted by molar-refractivity contribution is 1.29. The van der Waals surface area contributed by atoms with Crippen LogP contribution >= 0.6 is 27.3 Å². The second-order valence-electron chi connectivity index (χ2n) is 2.66. The summed E-state index contributed by atoms with van der Waals surface area (Å²) < 4.78 is 1.04. The van der Waals surface area contributed by atoms with Crippen LogP contribution in [0.4, 0.5) is 5.13 Å². The average molecular weight is 270 g/mol. The molecule has 0 unspecified atom stereocenters. The highest BCUT2D eigenvalue weighted by Crippen LogP contribution is 2.29. The van der Waals surface area contributed by atoms with Crippen LogP contribution < -0.4 is 11.3 Å². The fraction of sp³-hybridized carbons (Fsp3) is 0. The summed E-state index contributed by atoms with van der Waals surface area (Å²) in [7, 11) is 0. The number of hydrogen-bond acceptors (Lipinski definition) is 4. The molecule has 0 radical (unpaired) electrons. The van der Waals surface area contributed by atoms with Gasteiger partial charge in [-0.1, -0.05) is 34.1 Å². The van der Waals surface area contributed by atoms with Crippen LogP contribution in [0.5, 0.6) is 0 Å². The summed E-state index contributed by atoms with van der Waals surface area (Å²) in [6.45, 7) is 0. The van der Waals surface area contributed by atoms with Gasteiger partial charge in [0, 0.05) is 15.4 Å². The van der Waals surface area contributed by atoms with E-state index in [-0.39, 0.29) is 0 Å². The van der Waals surface area contributed by atoms with Crippen LogP contribution in [0.25, 0.3) is 11.3 Å². The molecule has 5 heteroatoms. The second-order valence-corrected chi connectivity index (χ2v) is 4.37. The van der Waals surface area contributed by atoms with Crippen molar-refractivity contribution >= 4 is 32.4 Å². The molecular formula is C9H8BrN3S. The molecule has 72 valence electrons. The monoisotopic (exact) mass is 269 g/mol. The van der Waals surface area contributed by atoms with E-state index in [0.29, 0.717) is 0 Å². The number of rotatable bonds is 2. The molecule has 0 saturated heterocycles. The van der Waals surface area contributed by atoms with E-state index in [9.17, 15) is 0 Å². The van der Waals surface area contributed by atoms with Crippen LogP contribution in [0.1, 0.15) is 0 Å². The molecule has 0 saturated carbocycles. The number of nitrogens with one attached hydrogen (secondary N) is 1. The van der Waals surface area contributed by atoms with E-state index in [1.54, 1.807) is 0 Å². The molecule has 0 aliphatic rings. The van der Waals surface area contributed by atoms with Crippen LogP contribution in [0.2, 0.25) is 0 Å². The summed E-state index contributed by atoms with van der Waals surface area (Å²) in [4.78, 5) is 4.31. The van der Waals surface area contributed by atoms with Gasteiger partial charge >= 0.3 is 0 Å². The lowest BCUT2D eigenvalue weighted by Gasteiger charge is -1.98. The van der Waals surface area contributed by atoms with Crippen LogP contribution in [0.3, 0.4) is 0 Å². The Bertz CT molecular complexity index is 441. The zero-order valence-electron chi connectivity index (χ0n) is 7.20. The van der Waals surface area contributed by atoms with E-state index >= 15 is 0 Å². The van der Waals surface area contributed by atoms with Gasteiger partial charge in [-0.15, -0.1) is 11.3 Å². The first-order chi connectivity index (χ1) is 6.81. The Labute approximate surface area is 94.1 Å². The molecule has 14 heavy (non-hydrogen) atoms. The zero-order valence-corrected chi connectivity index (χ0v) is 9.60. The Balaban J connectivity index is 2.44. The lowest BCUT2D eigenvalue weighted by Crippen LogP contribution is -2.05. The standard InChI is InChI=1S/C9H8BrN3S/c10-7-4-2-1-3-6(7)8-5-14-9(12-8)13-11/h1-5H,11H2,(H,12,13). The molecule has 0 atom stereocenters. The number of thiazole rings is 1. The van der Waals surface area contributed by atoms with Gasteiger partial charge in [0.1, 0.15) is 0 Å². The first-order valence-corrected chi connectivity index (χ1v) is 5.65. The molecule has 1 heterocycles. The molecule has 0 bridgehead atoms. The molecule has 0 fully saturated rings. The third-order valence-electron chi connectivity index (χ3n) is 1.78. The van der Waals surface area contributed by atoms with Crippen molar-refractivity contribution in [3.63, 3.8) is 0 Å². The highest BCUT2D eigenvalue weighted by Gasteiger charge is 2.05. The van der Waals surface area contributed by atoms with E-state index in [0.717, 1.165) is 20.9 Å². The maximum atomic E-state index is 5.27. The fourth-order valence-corrected chi connectivity index (χ4v) is 2.24. The highest BCUT2D eigenvalue weighted by atomic mass is 79.9. The summed E-state index contributed by atoms with van der Waals surface area (Å²) >= 11 is 4.96. The van der Waals surface area contributed by atoms with Gasteiger partial charge in [0.25, 0.3) is 0 Å². The van der Waals surface area contributed by atoms with E-state index in [4.69, 9.17) is 5.84 Å². The van der Waals surface area contributed by atoms with Crippen molar-refractivity contribution in [2.75, 3.05) is 5.43 Å². The number of halogens is 1. The summed E-state index contributed by atoms with van der Waals surface area (Å²) in [5.74, 6) is 5.27. The van der Waals surface area contributed by atoms with Gasteiger partial charge in [0.15, 0.2) is 5.13 Å². The normalized spacial score (nSPS) is 10.1. The number of nitrogens with zero attached hydrogens (tertiary/aromatic N) is 1. The Morgan fingerprint density at radius 1 is 1.36 bits per heavy atom. The van der Waals surface area contributed by atoms with E-state index < -0.39 is 0 Å². The third kappa shape index (κ3) is 1.79. The van der Waals surface area contributed by atoms with E-state index in [1.807, 2.05) is 29.6 Å². The third-order valence-corrected chi connectivity index (χ3v) is 3.24. The smallest absolute Gasteiger partial charge is 0.197 e. The average Bonchev–Trinajstić information content (AvgIpc) is 2.67. The van der Waals surface area contributed by atoms with Crippen molar-refractivity contribution in [2.45, 2.75) is 0 Å². The van der Waals surface area contributed by atoms with Gasteiger partial charge in [-0.05, 0) is 6.07 Å². The fourth-order valence-electron chi connectivity index (χ4n) is 1.13.